The Balaban J connectivity index is 2.19. The number of rotatable bonds is 4. The topological polar surface area (TPSA) is 27.6 Å². The average Bonchev–Trinajstić information content (AvgIpc) is 3.08. The van der Waals surface area contributed by atoms with Crippen LogP contribution in [0.4, 0.5) is 13.2 Å². The van der Waals surface area contributed by atoms with Gasteiger partial charge < -0.3 is 5.32 Å². The van der Waals surface area contributed by atoms with Crippen molar-refractivity contribution in [3.63, 3.8) is 0 Å². The summed E-state index contributed by atoms with van der Waals surface area (Å²) < 4.78 is 39.9. The number of halogens is 3. The number of alkyl halides is 3. The van der Waals surface area contributed by atoms with E-state index >= 15 is 0 Å². The van der Waals surface area contributed by atoms with Gasteiger partial charge in [0, 0.05) is 17.8 Å². The van der Waals surface area contributed by atoms with Gasteiger partial charge in [-0.05, 0) is 62.2 Å². The predicted octanol–water partition coefficient (Wildman–Crippen LogP) is 5.36. The first-order valence-electron chi connectivity index (χ1n) is 9.05. The maximum absolute atomic E-state index is 13.3. The molecular formula is C22H22F3N3. The van der Waals surface area contributed by atoms with Crippen molar-refractivity contribution in [2.45, 2.75) is 32.0 Å². The second kappa shape index (κ2) is 8.05. The van der Waals surface area contributed by atoms with Crippen molar-refractivity contribution in [3.8, 4) is 0 Å². The summed E-state index contributed by atoms with van der Waals surface area (Å²) in [5, 5.41) is 9.35. The zero-order chi connectivity index (χ0) is 20.3. The fourth-order valence-electron chi connectivity index (χ4n) is 3.39. The van der Waals surface area contributed by atoms with Crippen molar-refractivity contribution >= 4 is 18.0 Å². The summed E-state index contributed by atoms with van der Waals surface area (Å²) in [7, 11) is 1.91. The maximum atomic E-state index is 13.3. The number of benzene rings is 1. The van der Waals surface area contributed by atoms with Crippen molar-refractivity contribution in [2.75, 3.05) is 7.05 Å². The van der Waals surface area contributed by atoms with Crippen LogP contribution in [-0.2, 0) is 6.18 Å². The number of fused-ring (bicyclic) bond motifs is 1. The Kier molecular flexibility index (Phi) is 5.73. The van der Waals surface area contributed by atoms with Gasteiger partial charge in [-0.3, -0.25) is 0 Å². The van der Waals surface area contributed by atoms with E-state index in [0.29, 0.717) is 22.9 Å². The summed E-state index contributed by atoms with van der Waals surface area (Å²) >= 11 is 0. The van der Waals surface area contributed by atoms with Crippen molar-refractivity contribution in [1.82, 2.24) is 10.3 Å². The average molecular weight is 385 g/mol. The molecule has 0 bridgehead atoms. The van der Waals surface area contributed by atoms with E-state index in [-0.39, 0.29) is 0 Å². The normalized spacial score (nSPS) is 21.0. The van der Waals surface area contributed by atoms with Crippen LogP contribution in [0.3, 0.4) is 0 Å². The highest BCUT2D eigenvalue weighted by Gasteiger charge is 2.33. The van der Waals surface area contributed by atoms with E-state index in [0.717, 1.165) is 36.2 Å². The van der Waals surface area contributed by atoms with Gasteiger partial charge in [-0.1, -0.05) is 30.5 Å². The molecule has 0 saturated heterocycles. The predicted molar refractivity (Wildman–Crippen MR) is 107 cm³/mol. The Hall–Kier alpha value is -2.82. The van der Waals surface area contributed by atoms with Crippen LogP contribution in [0.2, 0.25) is 0 Å². The minimum atomic E-state index is -4.42. The Morgan fingerprint density at radius 1 is 1.36 bits per heavy atom. The summed E-state index contributed by atoms with van der Waals surface area (Å²) in [4.78, 5) is 0. The van der Waals surface area contributed by atoms with E-state index in [1.807, 2.05) is 7.05 Å². The summed E-state index contributed by atoms with van der Waals surface area (Å²) in [5.41, 5.74) is 5.96. The van der Waals surface area contributed by atoms with Gasteiger partial charge >= 0.3 is 6.18 Å². The Morgan fingerprint density at radius 3 is 2.75 bits per heavy atom. The van der Waals surface area contributed by atoms with Gasteiger partial charge in [-0.2, -0.15) is 18.3 Å². The van der Waals surface area contributed by atoms with Gasteiger partial charge in [0.15, 0.2) is 0 Å². The molecule has 28 heavy (non-hydrogen) atoms. The largest absolute Gasteiger partial charge is 0.416 e. The van der Waals surface area contributed by atoms with Gasteiger partial charge in [0.2, 0.25) is 0 Å². The molecule has 0 amide bonds. The molecule has 1 aliphatic carbocycles. The van der Waals surface area contributed by atoms with Crippen molar-refractivity contribution in [3.05, 3.63) is 76.7 Å². The van der Waals surface area contributed by atoms with Crippen LogP contribution in [0.15, 0.2) is 65.1 Å². The van der Waals surface area contributed by atoms with E-state index in [9.17, 15) is 13.2 Å². The third-order valence-corrected chi connectivity index (χ3v) is 4.80. The first-order valence-corrected chi connectivity index (χ1v) is 9.05. The molecule has 0 saturated carbocycles. The van der Waals surface area contributed by atoms with Crippen LogP contribution >= 0.6 is 0 Å². The molecule has 1 aliphatic heterocycles. The molecular weight excluding hydrogens is 363 g/mol. The van der Waals surface area contributed by atoms with Gasteiger partial charge in [-0.25, -0.2) is 5.01 Å². The van der Waals surface area contributed by atoms with E-state index in [4.69, 9.17) is 0 Å². The number of nitrogens with zero attached hydrogens (tertiary/aromatic N) is 2. The zero-order valence-corrected chi connectivity index (χ0v) is 15.8. The highest BCUT2D eigenvalue weighted by Crippen LogP contribution is 2.38. The number of nitrogens with one attached hydrogen (secondary N) is 1. The first-order chi connectivity index (χ1) is 13.4. The molecule has 146 valence electrons. The first kappa shape index (κ1) is 19.9. The smallest absolute Gasteiger partial charge is 0.316 e. The number of hydrazone groups is 1. The summed E-state index contributed by atoms with van der Waals surface area (Å²) in [6.07, 6.45) is 5.95. The molecule has 6 heteroatoms. The zero-order valence-electron chi connectivity index (χ0n) is 15.8. The van der Waals surface area contributed by atoms with E-state index in [1.54, 1.807) is 36.4 Å². The molecule has 3 rings (SSSR count). The van der Waals surface area contributed by atoms with Crippen LogP contribution in [0.25, 0.3) is 11.8 Å². The Labute approximate surface area is 162 Å². The minimum Gasteiger partial charge on any atom is -0.316 e. The van der Waals surface area contributed by atoms with Gasteiger partial charge in [0.1, 0.15) is 5.70 Å². The molecule has 0 fully saturated rings. The highest BCUT2D eigenvalue weighted by atomic mass is 19.4. The van der Waals surface area contributed by atoms with Crippen LogP contribution in [0, 0.1) is 0 Å². The molecule has 0 radical (unpaired) electrons. The fraction of sp³-hybridized carbons (Fsp3) is 0.273. The van der Waals surface area contributed by atoms with Crippen LogP contribution in [-0.4, -0.2) is 24.3 Å². The van der Waals surface area contributed by atoms with Crippen LogP contribution in [0.5, 0.6) is 0 Å². The molecule has 1 heterocycles. The lowest BCUT2D eigenvalue weighted by Gasteiger charge is -2.25. The molecule has 1 atom stereocenters. The lowest BCUT2D eigenvalue weighted by atomic mass is 10.0. The quantitative estimate of drug-likeness (QED) is 0.558. The molecule has 3 nitrogen and oxygen atoms in total. The van der Waals surface area contributed by atoms with E-state index in [1.165, 1.54) is 6.07 Å². The monoisotopic (exact) mass is 385 g/mol. The fourth-order valence-corrected chi connectivity index (χ4v) is 3.39. The Bertz CT molecular complexity index is 929. The standard InChI is InChI=1S/C22H22F3N3/c1-4-6-21-19-14-17(22(23,24)25)10-7-15(19)9-12-20(28(21)27-5-2)16-8-11-18(13-16)26-3/h4-10,14,18,26H,1,11,13H2,2-3H3. The van der Waals surface area contributed by atoms with Gasteiger partial charge in [-0.15, -0.1) is 0 Å². The van der Waals surface area contributed by atoms with E-state index in [2.05, 4.69) is 28.8 Å². The molecule has 1 aromatic carbocycles. The van der Waals surface area contributed by atoms with Gasteiger partial charge in [0.05, 0.1) is 11.3 Å². The number of hydrogen-bond acceptors (Lipinski definition) is 3. The molecule has 0 spiro atoms. The SMILES string of the molecule is C=CC=C1c2cc(C(F)(F)F)ccc2C=C=C(C2=CCC(NC)C2)N1N=CC. The summed E-state index contributed by atoms with van der Waals surface area (Å²) in [5.74, 6) is 0. The van der Waals surface area contributed by atoms with E-state index < -0.39 is 11.7 Å². The Morgan fingerprint density at radius 2 is 2.14 bits per heavy atom. The summed E-state index contributed by atoms with van der Waals surface area (Å²) in [6, 6.07) is 4.04. The van der Waals surface area contributed by atoms with Crippen molar-refractivity contribution in [2.24, 2.45) is 5.10 Å². The van der Waals surface area contributed by atoms with Crippen molar-refractivity contribution < 1.29 is 13.2 Å². The third kappa shape index (κ3) is 3.88. The maximum Gasteiger partial charge on any atom is 0.416 e. The molecule has 2 aliphatic rings. The summed E-state index contributed by atoms with van der Waals surface area (Å²) in [6.45, 7) is 5.50. The second-order valence-electron chi connectivity index (χ2n) is 6.56. The van der Waals surface area contributed by atoms with Crippen LogP contribution < -0.4 is 5.32 Å². The third-order valence-electron chi connectivity index (χ3n) is 4.80. The molecule has 1 unspecified atom stereocenters. The second-order valence-corrected chi connectivity index (χ2v) is 6.56. The number of allylic oxidation sites excluding steroid dienone is 3. The molecule has 1 aromatic rings. The van der Waals surface area contributed by atoms with Crippen molar-refractivity contribution in [1.29, 1.82) is 0 Å². The highest BCUT2D eigenvalue weighted by molar-refractivity contribution is 5.78. The number of hydrogen-bond donors (Lipinski definition) is 1. The minimum absolute atomic E-state index is 0.325. The molecule has 1 N–H and O–H groups in total. The molecule has 0 aromatic heterocycles. The van der Waals surface area contributed by atoms with Gasteiger partial charge in [0.25, 0.3) is 0 Å². The van der Waals surface area contributed by atoms with Crippen LogP contribution in [0.1, 0.15) is 36.5 Å². The lowest BCUT2D eigenvalue weighted by molar-refractivity contribution is -0.137. The lowest BCUT2D eigenvalue weighted by Crippen LogP contribution is -2.23.